The Hall–Kier alpha value is -1.13. The smallest absolute Gasteiger partial charge is 0.126 e. The Labute approximate surface area is 98.5 Å². The minimum absolute atomic E-state index is 0.784. The normalized spacial score (nSPS) is 15.5. The van der Waals surface area contributed by atoms with E-state index in [0.29, 0.717) is 0 Å². The van der Waals surface area contributed by atoms with Crippen molar-refractivity contribution in [3.05, 3.63) is 29.7 Å². The fraction of sp³-hybridized carbons (Fsp3) is 0.417. The SMILES string of the molecule is c1cc(-c2nc(CCNC3CC3)cs2)co1. The van der Waals surface area contributed by atoms with Crippen LogP contribution in [0.15, 0.2) is 28.4 Å². The first-order valence-corrected chi connectivity index (χ1v) is 6.50. The topological polar surface area (TPSA) is 38.1 Å². The second kappa shape index (κ2) is 4.39. The van der Waals surface area contributed by atoms with Crippen molar-refractivity contribution < 1.29 is 4.42 Å². The Bertz CT molecular complexity index is 445. The van der Waals surface area contributed by atoms with Crippen LogP contribution in [-0.4, -0.2) is 17.6 Å². The van der Waals surface area contributed by atoms with E-state index in [4.69, 9.17) is 4.42 Å². The third-order valence-electron chi connectivity index (χ3n) is 2.71. The van der Waals surface area contributed by atoms with Crippen molar-refractivity contribution >= 4 is 11.3 Å². The van der Waals surface area contributed by atoms with Gasteiger partial charge in [-0.05, 0) is 18.9 Å². The molecule has 0 aromatic carbocycles. The molecule has 16 heavy (non-hydrogen) atoms. The van der Waals surface area contributed by atoms with Crippen LogP contribution < -0.4 is 5.32 Å². The maximum absolute atomic E-state index is 5.05. The molecule has 1 saturated carbocycles. The van der Waals surface area contributed by atoms with Crippen LogP contribution in [0.2, 0.25) is 0 Å². The number of rotatable bonds is 5. The summed E-state index contributed by atoms with van der Waals surface area (Å²) < 4.78 is 5.05. The molecule has 1 aliphatic rings. The summed E-state index contributed by atoms with van der Waals surface area (Å²) in [5, 5.41) is 6.68. The Morgan fingerprint density at radius 2 is 2.44 bits per heavy atom. The lowest BCUT2D eigenvalue weighted by molar-refractivity contribution is 0.568. The standard InChI is InChI=1S/C12H14N2OS/c1-2-10(1)13-5-3-11-8-16-12(14-11)9-4-6-15-7-9/h4,6-8,10,13H,1-3,5H2. The van der Waals surface area contributed by atoms with Gasteiger partial charge in [-0.2, -0.15) is 0 Å². The Morgan fingerprint density at radius 1 is 1.50 bits per heavy atom. The van der Waals surface area contributed by atoms with Gasteiger partial charge in [0.1, 0.15) is 11.3 Å². The molecule has 1 N–H and O–H groups in total. The molecule has 0 unspecified atom stereocenters. The fourth-order valence-electron chi connectivity index (χ4n) is 1.63. The quantitative estimate of drug-likeness (QED) is 0.864. The van der Waals surface area contributed by atoms with E-state index < -0.39 is 0 Å². The zero-order valence-electron chi connectivity index (χ0n) is 8.98. The Balaban J connectivity index is 1.59. The number of hydrogen-bond donors (Lipinski definition) is 1. The minimum Gasteiger partial charge on any atom is -0.472 e. The fourth-order valence-corrected chi connectivity index (χ4v) is 2.47. The molecule has 0 aliphatic heterocycles. The summed E-state index contributed by atoms with van der Waals surface area (Å²) in [5.74, 6) is 0. The van der Waals surface area contributed by atoms with E-state index in [-0.39, 0.29) is 0 Å². The van der Waals surface area contributed by atoms with Gasteiger partial charge in [-0.25, -0.2) is 4.98 Å². The van der Waals surface area contributed by atoms with E-state index in [1.165, 1.54) is 18.5 Å². The van der Waals surface area contributed by atoms with E-state index in [2.05, 4.69) is 15.7 Å². The lowest BCUT2D eigenvalue weighted by atomic mass is 10.3. The van der Waals surface area contributed by atoms with Gasteiger partial charge in [0.05, 0.1) is 12.0 Å². The van der Waals surface area contributed by atoms with Crippen molar-refractivity contribution in [2.24, 2.45) is 0 Å². The summed E-state index contributed by atoms with van der Waals surface area (Å²) in [4.78, 5) is 4.59. The molecule has 2 aromatic heterocycles. The second-order valence-corrected chi connectivity index (χ2v) is 4.99. The highest BCUT2D eigenvalue weighted by Crippen LogP contribution is 2.24. The maximum Gasteiger partial charge on any atom is 0.126 e. The maximum atomic E-state index is 5.05. The zero-order valence-corrected chi connectivity index (χ0v) is 9.80. The van der Waals surface area contributed by atoms with Crippen molar-refractivity contribution in [3.8, 4) is 10.6 Å². The van der Waals surface area contributed by atoms with Gasteiger partial charge in [0, 0.05) is 30.0 Å². The molecule has 2 heterocycles. The lowest BCUT2D eigenvalue weighted by Gasteiger charge is -1.98. The minimum atomic E-state index is 0.784. The molecule has 3 rings (SSSR count). The summed E-state index contributed by atoms with van der Waals surface area (Å²) in [7, 11) is 0. The lowest BCUT2D eigenvalue weighted by Crippen LogP contribution is -2.19. The van der Waals surface area contributed by atoms with E-state index >= 15 is 0 Å². The molecule has 0 radical (unpaired) electrons. The van der Waals surface area contributed by atoms with Crippen LogP contribution in [0.5, 0.6) is 0 Å². The van der Waals surface area contributed by atoms with Gasteiger partial charge in [0.25, 0.3) is 0 Å². The molecule has 0 saturated heterocycles. The van der Waals surface area contributed by atoms with Crippen LogP contribution in [0.25, 0.3) is 10.6 Å². The highest BCUT2D eigenvalue weighted by Gasteiger charge is 2.19. The predicted octanol–water partition coefficient (Wildman–Crippen LogP) is 2.70. The Kier molecular flexibility index (Phi) is 2.76. The molecule has 4 heteroatoms. The average molecular weight is 234 g/mol. The number of furan rings is 1. The van der Waals surface area contributed by atoms with Gasteiger partial charge in [0.15, 0.2) is 0 Å². The van der Waals surface area contributed by atoms with Crippen LogP contribution >= 0.6 is 11.3 Å². The number of hydrogen-bond acceptors (Lipinski definition) is 4. The van der Waals surface area contributed by atoms with Crippen LogP contribution in [0.4, 0.5) is 0 Å². The van der Waals surface area contributed by atoms with Gasteiger partial charge in [0.2, 0.25) is 0 Å². The average Bonchev–Trinajstić information content (AvgIpc) is 2.83. The first-order valence-electron chi connectivity index (χ1n) is 5.62. The predicted molar refractivity (Wildman–Crippen MR) is 64.5 cm³/mol. The van der Waals surface area contributed by atoms with Gasteiger partial charge in [-0.15, -0.1) is 11.3 Å². The van der Waals surface area contributed by atoms with Crippen molar-refractivity contribution in [3.63, 3.8) is 0 Å². The van der Waals surface area contributed by atoms with Gasteiger partial charge in [-0.1, -0.05) is 0 Å². The largest absolute Gasteiger partial charge is 0.472 e. The molecule has 0 spiro atoms. The number of thiazole rings is 1. The van der Waals surface area contributed by atoms with Crippen LogP contribution in [0, 0.1) is 0 Å². The first kappa shape index (κ1) is 10.1. The molecule has 84 valence electrons. The van der Waals surface area contributed by atoms with E-state index in [1.54, 1.807) is 23.9 Å². The van der Waals surface area contributed by atoms with E-state index in [9.17, 15) is 0 Å². The highest BCUT2D eigenvalue weighted by atomic mass is 32.1. The highest BCUT2D eigenvalue weighted by molar-refractivity contribution is 7.13. The van der Waals surface area contributed by atoms with Crippen LogP contribution in [0.1, 0.15) is 18.5 Å². The molecular formula is C12H14N2OS. The molecule has 2 aromatic rings. The summed E-state index contributed by atoms with van der Waals surface area (Å²) in [6.07, 6.45) is 7.13. The van der Waals surface area contributed by atoms with E-state index in [0.717, 1.165) is 29.6 Å². The van der Waals surface area contributed by atoms with Gasteiger partial charge < -0.3 is 9.73 Å². The molecule has 0 bridgehead atoms. The summed E-state index contributed by atoms with van der Waals surface area (Å²) in [6.45, 7) is 1.04. The summed E-state index contributed by atoms with van der Waals surface area (Å²) >= 11 is 1.68. The van der Waals surface area contributed by atoms with E-state index in [1.807, 2.05) is 6.07 Å². The molecule has 0 atom stereocenters. The van der Waals surface area contributed by atoms with Crippen molar-refractivity contribution in [1.29, 1.82) is 0 Å². The van der Waals surface area contributed by atoms with Crippen molar-refractivity contribution in [2.45, 2.75) is 25.3 Å². The monoisotopic (exact) mass is 234 g/mol. The number of nitrogens with zero attached hydrogens (tertiary/aromatic N) is 1. The van der Waals surface area contributed by atoms with Gasteiger partial charge in [-0.3, -0.25) is 0 Å². The van der Waals surface area contributed by atoms with Crippen LogP contribution in [-0.2, 0) is 6.42 Å². The first-order chi connectivity index (χ1) is 7.92. The zero-order chi connectivity index (χ0) is 10.8. The number of aromatic nitrogens is 1. The number of nitrogens with one attached hydrogen (secondary N) is 1. The van der Waals surface area contributed by atoms with Gasteiger partial charge >= 0.3 is 0 Å². The third kappa shape index (κ3) is 2.33. The third-order valence-corrected chi connectivity index (χ3v) is 3.65. The molecular weight excluding hydrogens is 220 g/mol. The molecule has 1 fully saturated rings. The van der Waals surface area contributed by atoms with Crippen molar-refractivity contribution in [1.82, 2.24) is 10.3 Å². The van der Waals surface area contributed by atoms with Crippen LogP contribution in [0.3, 0.4) is 0 Å². The molecule has 0 amide bonds. The molecule has 1 aliphatic carbocycles. The van der Waals surface area contributed by atoms with Crippen molar-refractivity contribution in [2.75, 3.05) is 6.54 Å². The summed E-state index contributed by atoms with van der Waals surface area (Å²) in [6, 6.07) is 2.73. The second-order valence-electron chi connectivity index (χ2n) is 4.13. The summed E-state index contributed by atoms with van der Waals surface area (Å²) in [5.41, 5.74) is 2.25. The molecule has 3 nitrogen and oxygen atoms in total. The Morgan fingerprint density at radius 3 is 3.19 bits per heavy atom.